The molecule has 0 aliphatic carbocycles. The van der Waals surface area contributed by atoms with Crippen LogP contribution in [0.25, 0.3) is 22.2 Å². The number of rotatable bonds is 3. The van der Waals surface area contributed by atoms with Crippen LogP contribution in [-0.4, -0.2) is 29.1 Å². The first-order valence-electron chi connectivity index (χ1n) is 8.66. The molecular weight excluding hydrogens is 438 g/mol. The Kier molecular flexibility index (Phi) is 3.95. The van der Waals surface area contributed by atoms with Gasteiger partial charge in [0.25, 0.3) is 11.8 Å². The first-order chi connectivity index (χ1) is 14.1. The zero-order valence-corrected chi connectivity index (χ0v) is 16.6. The van der Waals surface area contributed by atoms with E-state index in [1.54, 1.807) is 55.6 Å². The lowest BCUT2D eigenvalue weighted by Crippen LogP contribution is -2.40. The summed E-state index contributed by atoms with van der Waals surface area (Å²) in [6.45, 7) is 0. The highest BCUT2D eigenvalue weighted by atomic mass is 79.9. The van der Waals surface area contributed by atoms with Gasteiger partial charge in [0.2, 0.25) is 5.89 Å². The molecule has 4 aromatic rings. The second kappa shape index (κ2) is 6.52. The van der Waals surface area contributed by atoms with Crippen LogP contribution in [0.5, 0.6) is 5.75 Å². The van der Waals surface area contributed by atoms with Gasteiger partial charge in [0.05, 0.1) is 7.11 Å². The molecule has 2 amide bonds. The second-order valence-corrected chi connectivity index (χ2v) is 7.24. The molecule has 5 rings (SSSR count). The number of amides is 2. The third kappa shape index (κ3) is 2.64. The van der Waals surface area contributed by atoms with Crippen molar-refractivity contribution in [2.75, 3.05) is 12.0 Å². The summed E-state index contributed by atoms with van der Waals surface area (Å²) in [5.41, 5.74) is 1.46. The van der Waals surface area contributed by atoms with Gasteiger partial charge < -0.3 is 9.15 Å². The number of nitrogens with zero attached hydrogens (tertiary/aromatic N) is 3. The highest BCUT2D eigenvalue weighted by Crippen LogP contribution is 2.36. The minimum absolute atomic E-state index is 0.170. The SMILES string of the molecule is COc1ccc(-c2nnc(N3C(=O)c4cccc5c(Br)ccc(c45)C3=O)o2)cc1. The summed E-state index contributed by atoms with van der Waals surface area (Å²) < 4.78 is 11.6. The number of carbonyl (C=O) groups excluding carboxylic acids is 2. The van der Waals surface area contributed by atoms with Crippen LogP contribution >= 0.6 is 15.9 Å². The zero-order valence-electron chi connectivity index (χ0n) is 15.0. The Bertz CT molecular complexity index is 1280. The van der Waals surface area contributed by atoms with Crippen molar-refractivity contribution in [3.05, 3.63) is 70.2 Å². The van der Waals surface area contributed by atoms with Gasteiger partial charge in [-0.1, -0.05) is 33.2 Å². The molecule has 0 saturated carbocycles. The number of benzene rings is 3. The molecule has 0 fully saturated rings. The number of methoxy groups -OCH3 is 1. The molecule has 3 aromatic carbocycles. The van der Waals surface area contributed by atoms with Crippen molar-refractivity contribution in [3.63, 3.8) is 0 Å². The Hall–Kier alpha value is -3.52. The van der Waals surface area contributed by atoms with Crippen LogP contribution in [0.2, 0.25) is 0 Å². The fraction of sp³-hybridized carbons (Fsp3) is 0.0476. The van der Waals surface area contributed by atoms with E-state index in [-0.39, 0.29) is 11.9 Å². The fourth-order valence-electron chi connectivity index (χ4n) is 3.39. The lowest BCUT2D eigenvalue weighted by Gasteiger charge is -2.24. The Morgan fingerprint density at radius 2 is 1.66 bits per heavy atom. The second-order valence-electron chi connectivity index (χ2n) is 6.39. The van der Waals surface area contributed by atoms with Crippen molar-refractivity contribution in [1.29, 1.82) is 0 Å². The topological polar surface area (TPSA) is 85.5 Å². The zero-order chi connectivity index (χ0) is 20.1. The van der Waals surface area contributed by atoms with E-state index in [1.165, 1.54) is 0 Å². The number of ether oxygens (including phenoxy) is 1. The van der Waals surface area contributed by atoms with Gasteiger partial charge in [-0.15, -0.1) is 5.10 Å². The quantitative estimate of drug-likeness (QED) is 0.429. The lowest BCUT2D eigenvalue weighted by atomic mass is 9.94. The molecule has 0 N–H and O–H groups in total. The van der Waals surface area contributed by atoms with Crippen molar-refractivity contribution in [1.82, 2.24) is 10.2 Å². The van der Waals surface area contributed by atoms with Gasteiger partial charge in [-0.05, 0) is 47.9 Å². The Morgan fingerprint density at radius 1 is 0.931 bits per heavy atom. The Balaban J connectivity index is 1.59. The van der Waals surface area contributed by atoms with Crippen LogP contribution in [0.3, 0.4) is 0 Å². The summed E-state index contributed by atoms with van der Waals surface area (Å²) >= 11 is 3.47. The smallest absolute Gasteiger partial charge is 0.332 e. The van der Waals surface area contributed by atoms with Gasteiger partial charge in [-0.2, -0.15) is 4.90 Å². The normalized spacial score (nSPS) is 13.2. The molecule has 8 heteroatoms. The molecule has 7 nitrogen and oxygen atoms in total. The van der Waals surface area contributed by atoms with Gasteiger partial charge >= 0.3 is 6.01 Å². The third-order valence-corrected chi connectivity index (χ3v) is 5.49. The van der Waals surface area contributed by atoms with E-state index in [4.69, 9.17) is 9.15 Å². The van der Waals surface area contributed by atoms with Crippen molar-refractivity contribution in [2.24, 2.45) is 0 Å². The summed E-state index contributed by atoms with van der Waals surface area (Å²) in [6, 6.07) is 15.6. The first kappa shape index (κ1) is 17.6. The molecule has 0 bridgehead atoms. The summed E-state index contributed by atoms with van der Waals surface area (Å²) in [4.78, 5) is 27.1. The number of carbonyl (C=O) groups is 2. The molecular formula is C21H12BrN3O4. The van der Waals surface area contributed by atoms with Crippen LogP contribution in [0.1, 0.15) is 20.7 Å². The van der Waals surface area contributed by atoms with E-state index in [9.17, 15) is 9.59 Å². The maximum atomic E-state index is 13.1. The number of hydrogen-bond acceptors (Lipinski definition) is 6. The molecule has 142 valence electrons. The van der Waals surface area contributed by atoms with Gasteiger partial charge in [0, 0.05) is 26.5 Å². The average molecular weight is 450 g/mol. The average Bonchev–Trinajstić information content (AvgIpc) is 3.23. The highest BCUT2D eigenvalue weighted by molar-refractivity contribution is 9.10. The number of halogens is 1. The molecule has 0 saturated heterocycles. The van der Waals surface area contributed by atoms with E-state index in [0.29, 0.717) is 27.8 Å². The number of anilines is 1. The Labute approximate surface area is 173 Å². The van der Waals surface area contributed by atoms with Crippen LogP contribution in [0, 0.1) is 0 Å². The third-order valence-electron chi connectivity index (χ3n) is 4.80. The molecule has 0 atom stereocenters. The van der Waals surface area contributed by atoms with E-state index in [2.05, 4.69) is 26.1 Å². The predicted molar refractivity (Wildman–Crippen MR) is 109 cm³/mol. The number of imide groups is 1. The molecule has 1 aromatic heterocycles. The minimum atomic E-state index is -0.504. The van der Waals surface area contributed by atoms with Gasteiger partial charge in [-0.3, -0.25) is 9.59 Å². The minimum Gasteiger partial charge on any atom is -0.497 e. The number of aromatic nitrogens is 2. The van der Waals surface area contributed by atoms with Crippen molar-refractivity contribution in [3.8, 4) is 17.2 Å². The molecule has 29 heavy (non-hydrogen) atoms. The van der Waals surface area contributed by atoms with Crippen molar-refractivity contribution < 1.29 is 18.7 Å². The standard InChI is InChI=1S/C21H12BrN3O4/c1-28-12-7-5-11(6-8-12)18-23-24-21(29-18)25-19(26)14-4-2-3-13-16(22)10-9-15(17(13)14)20(25)27/h2-10H,1H3. The monoisotopic (exact) mass is 449 g/mol. The lowest BCUT2D eigenvalue weighted by molar-refractivity contribution is 0.0886. The van der Waals surface area contributed by atoms with Gasteiger partial charge in [-0.25, -0.2) is 0 Å². The molecule has 1 aliphatic heterocycles. The highest BCUT2D eigenvalue weighted by Gasteiger charge is 2.37. The van der Waals surface area contributed by atoms with E-state index in [1.807, 2.05) is 6.07 Å². The largest absolute Gasteiger partial charge is 0.497 e. The van der Waals surface area contributed by atoms with Crippen LogP contribution < -0.4 is 9.64 Å². The van der Waals surface area contributed by atoms with Gasteiger partial charge in [0.1, 0.15) is 5.75 Å². The molecule has 1 aliphatic rings. The van der Waals surface area contributed by atoms with Crippen LogP contribution in [0.4, 0.5) is 6.01 Å². The molecule has 0 spiro atoms. The summed E-state index contributed by atoms with van der Waals surface area (Å²) in [6.07, 6.45) is 0. The summed E-state index contributed by atoms with van der Waals surface area (Å²) in [5.74, 6) is -0.124. The maximum absolute atomic E-state index is 13.1. The molecule has 0 radical (unpaired) electrons. The number of hydrogen-bond donors (Lipinski definition) is 0. The van der Waals surface area contributed by atoms with E-state index >= 15 is 0 Å². The van der Waals surface area contributed by atoms with Crippen LogP contribution in [0.15, 0.2) is 63.5 Å². The van der Waals surface area contributed by atoms with Crippen molar-refractivity contribution >= 4 is 44.5 Å². The summed E-state index contributed by atoms with van der Waals surface area (Å²) in [7, 11) is 1.57. The summed E-state index contributed by atoms with van der Waals surface area (Å²) in [5, 5.41) is 9.35. The Morgan fingerprint density at radius 3 is 2.38 bits per heavy atom. The maximum Gasteiger partial charge on any atom is 0.332 e. The first-order valence-corrected chi connectivity index (χ1v) is 9.45. The molecule has 2 heterocycles. The predicted octanol–water partition coefficient (Wildman–Crippen LogP) is 4.46. The molecule has 0 unspecified atom stereocenters. The van der Waals surface area contributed by atoms with Crippen LogP contribution in [-0.2, 0) is 0 Å². The van der Waals surface area contributed by atoms with E-state index in [0.717, 1.165) is 14.8 Å². The fourth-order valence-corrected chi connectivity index (χ4v) is 3.85. The van der Waals surface area contributed by atoms with Crippen molar-refractivity contribution in [2.45, 2.75) is 0 Å². The van der Waals surface area contributed by atoms with Gasteiger partial charge in [0.15, 0.2) is 0 Å². The van der Waals surface area contributed by atoms with E-state index < -0.39 is 11.8 Å².